The smallest absolute Gasteiger partial charge is 0.0541 e. The summed E-state index contributed by atoms with van der Waals surface area (Å²) in [6.07, 6.45) is 9.10. The number of hydrogen-bond donors (Lipinski definition) is 0. The predicted octanol–water partition coefficient (Wildman–Crippen LogP) is 11.6. The van der Waals surface area contributed by atoms with E-state index in [2.05, 4.69) is 156 Å². The molecular weight excluding hydrogens is 551 g/mol. The van der Waals surface area contributed by atoms with Gasteiger partial charge in [-0.25, -0.2) is 0 Å². The Hall–Kier alpha value is -5.05. The van der Waals surface area contributed by atoms with E-state index in [0.717, 1.165) is 0 Å². The average Bonchev–Trinajstić information content (AvgIpc) is 3.64. The molecule has 8 aromatic rings. The highest BCUT2D eigenvalue weighted by Crippen LogP contribution is 2.52. The van der Waals surface area contributed by atoms with Crippen molar-refractivity contribution in [3.63, 3.8) is 0 Å². The second-order valence-electron chi connectivity index (χ2n) is 12.0. The van der Waals surface area contributed by atoms with Crippen LogP contribution in [0.1, 0.15) is 11.5 Å². The fourth-order valence-corrected chi connectivity index (χ4v) is 9.22. The van der Waals surface area contributed by atoms with Crippen molar-refractivity contribution in [2.75, 3.05) is 0 Å². The molecule has 0 amide bonds. The summed E-state index contributed by atoms with van der Waals surface area (Å²) < 4.78 is 2.45. The monoisotopic (exact) mass is 577 g/mol. The minimum absolute atomic E-state index is 0.465. The molecule has 0 fully saturated rings. The third-order valence-corrected chi connectivity index (χ3v) is 11.1. The molecule has 1 aliphatic carbocycles. The van der Waals surface area contributed by atoms with E-state index in [1.54, 1.807) is 0 Å². The molecule has 2 unspecified atom stereocenters. The van der Waals surface area contributed by atoms with Crippen LogP contribution in [0, 0.1) is 0 Å². The Bertz CT molecular complexity index is 2510. The molecule has 2 heteroatoms. The maximum absolute atomic E-state index is 2.45. The van der Waals surface area contributed by atoms with Crippen LogP contribution in [-0.2, 0) is 0 Å². The quantitative estimate of drug-likeness (QED) is 0.185. The first-order valence-corrected chi connectivity index (χ1v) is 16.2. The lowest BCUT2D eigenvalue weighted by Gasteiger charge is -2.14. The minimum Gasteiger partial charge on any atom is -0.309 e. The van der Waals surface area contributed by atoms with Gasteiger partial charge in [0.05, 0.1) is 11.0 Å². The number of allylic oxidation sites excluding steroid dienone is 3. The summed E-state index contributed by atoms with van der Waals surface area (Å²) in [5, 5.41) is 10.9. The van der Waals surface area contributed by atoms with Crippen LogP contribution < -0.4 is 0 Å². The van der Waals surface area contributed by atoms with Gasteiger partial charge < -0.3 is 4.57 Å². The van der Waals surface area contributed by atoms with Crippen LogP contribution in [0.4, 0.5) is 0 Å². The lowest BCUT2D eigenvalue weighted by Crippen LogP contribution is -2.06. The van der Waals surface area contributed by atoms with Gasteiger partial charge in [0.1, 0.15) is 0 Å². The topological polar surface area (TPSA) is 4.93 Å². The normalized spacial score (nSPS) is 17.3. The summed E-state index contributed by atoms with van der Waals surface area (Å²) in [5.41, 5.74) is 7.74. The van der Waals surface area contributed by atoms with Gasteiger partial charge in [0.15, 0.2) is 0 Å². The van der Waals surface area contributed by atoms with E-state index in [-0.39, 0.29) is 0 Å². The van der Waals surface area contributed by atoms with Gasteiger partial charge in [0.2, 0.25) is 0 Å². The first kappa shape index (κ1) is 24.4. The van der Waals surface area contributed by atoms with Crippen molar-refractivity contribution in [3.05, 3.63) is 157 Å². The molecule has 0 saturated carbocycles. The molecule has 1 aliphatic heterocycles. The summed E-state index contributed by atoms with van der Waals surface area (Å²) in [6.45, 7) is 0. The van der Waals surface area contributed by atoms with Crippen molar-refractivity contribution in [1.82, 2.24) is 4.57 Å². The van der Waals surface area contributed by atoms with Crippen LogP contribution in [0.2, 0.25) is 0 Å². The molecule has 0 spiro atoms. The van der Waals surface area contributed by atoms with Gasteiger partial charge in [-0.3, -0.25) is 0 Å². The molecule has 1 nitrogen and oxygen atoms in total. The number of para-hydroxylation sites is 1. The van der Waals surface area contributed by atoms with Crippen LogP contribution in [0.5, 0.6) is 0 Å². The second-order valence-corrected chi connectivity index (χ2v) is 13.2. The summed E-state index contributed by atoms with van der Waals surface area (Å²) in [6, 6.07) is 47.4. The number of hydrogen-bond acceptors (Lipinski definition) is 1. The zero-order chi connectivity index (χ0) is 28.8. The fourth-order valence-electron chi connectivity index (χ4n) is 7.75. The maximum Gasteiger partial charge on any atom is 0.0541 e. The van der Waals surface area contributed by atoms with Gasteiger partial charge in [-0.15, -0.1) is 11.8 Å². The Morgan fingerprint density at radius 2 is 1.14 bits per heavy atom. The highest BCUT2D eigenvalue weighted by molar-refractivity contribution is 8.00. The number of nitrogens with zero attached hydrogens (tertiary/aromatic N) is 1. The Labute approximate surface area is 259 Å². The van der Waals surface area contributed by atoms with E-state index in [1.807, 2.05) is 11.8 Å². The van der Waals surface area contributed by atoms with E-state index in [1.165, 1.54) is 81.4 Å². The van der Waals surface area contributed by atoms with Gasteiger partial charge in [-0.05, 0) is 79.3 Å². The molecule has 0 saturated heterocycles. The van der Waals surface area contributed by atoms with Crippen LogP contribution in [-0.4, -0.2) is 9.82 Å². The van der Waals surface area contributed by atoms with Gasteiger partial charge in [-0.2, -0.15) is 0 Å². The van der Waals surface area contributed by atoms with Crippen molar-refractivity contribution in [1.29, 1.82) is 0 Å². The molecule has 1 aromatic heterocycles. The van der Waals surface area contributed by atoms with Crippen molar-refractivity contribution in [2.24, 2.45) is 0 Å². The minimum atomic E-state index is 0.465. The molecule has 10 rings (SSSR count). The van der Waals surface area contributed by atoms with Gasteiger partial charge >= 0.3 is 0 Å². The molecule has 44 heavy (non-hydrogen) atoms. The summed E-state index contributed by atoms with van der Waals surface area (Å²) in [7, 11) is 0. The average molecular weight is 578 g/mol. The van der Waals surface area contributed by atoms with E-state index < -0.39 is 0 Å². The van der Waals surface area contributed by atoms with E-state index in [4.69, 9.17) is 0 Å². The molecule has 7 aromatic carbocycles. The van der Waals surface area contributed by atoms with Gasteiger partial charge in [-0.1, -0.05) is 121 Å². The highest BCUT2D eigenvalue weighted by atomic mass is 32.2. The zero-order valence-electron chi connectivity index (χ0n) is 23.9. The molecule has 2 atom stereocenters. The van der Waals surface area contributed by atoms with Crippen LogP contribution >= 0.6 is 11.8 Å². The Morgan fingerprint density at radius 1 is 0.477 bits per heavy atom. The summed E-state index contributed by atoms with van der Waals surface area (Å²) in [4.78, 5) is 1.43. The van der Waals surface area contributed by atoms with Crippen LogP contribution in [0.25, 0.3) is 70.9 Å². The summed E-state index contributed by atoms with van der Waals surface area (Å²) in [5.74, 6) is 0.465. The Morgan fingerprint density at radius 3 is 1.93 bits per heavy atom. The highest BCUT2D eigenvalue weighted by Gasteiger charge is 2.32. The lowest BCUT2D eigenvalue weighted by atomic mass is 9.90. The number of aromatic nitrogens is 1. The third kappa shape index (κ3) is 3.38. The largest absolute Gasteiger partial charge is 0.309 e. The van der Waals surface area contributed by atoms with Crippen molar-refractivity contribution < 1.29 is 0 Å². The van der Waals surface area contributed by atoms with Crippen molar-refractivity contribution in [3.8, 4) is 16.8 Å². The molecule has 2 heterocycles. The standard InChI is InChI=1S/C42H27NS/c1-2-12-31-29(10-1)30-11-3-4-13-32(30)37-25-27(21-22-33(31)37)43-39-18-7-5-14-34(39)38-24-26(20-23-40(38)43)28-16-9-17-36-35-15-6-8-19-41(35)44-42(28)36/h1-25,35,41H. The van der Waals surface area contributed by atoms with Crippen molar-refractivity contribution in [2.45, 2.75) is 16.1 Å². The molecule has 0 radical (unpaired) electrons. The molecule has 0 N–H and O–H groups in total. The summed E-state index contributed by atoms with van der Waals surface area (Å²) >= 11 is 2.01. The lowest BCUT2D eigenvalue weighted by molar-refractivity contribution is 0.881. The number of thioether (sulfide) groups is 1. The molecule has 0 bridgehead atoms. The molecule has 206 valence electrons. The van der Waals surface area contributed by atoms with Gasteiger partial charge in [0, 0.05) is 32.5 Å². The predicted molar refractivity (Wildman–Crippen MR) is 189 cm³/mol. The number of rotatable bonds is 2. The maximum atomic E-state index is 2.45. The second kappa shape index (κ2) is 9.22. The first-order valence-electron chi connectivity index (χ1n) is 15.4. The van der Waals surface area contributed by atoms with Crippen LogP contribution in [0.3, 0.4) is 0 Å². The number of fused-ring (bicyclic) bond motifs is 12. The SMILES string of the molecule is C1=CC2Sc3c(-c4ccc5c(c4)c4ccccc4n5-c4ccc5c6ccccc6c6ccccc6c5c4)cccc3C2C=C1. The first-order chi connectivity index (χ1) is 21.8. The van der Waals surface area contributed by atoms with Crippen LogP contribution in [0.15, 0.2) is 157 Å². The Kier molecular flexibility index (Phi) is 5.11. The van der Waals surface area contributed by atoms with E-state index >= 15 is 0 Å². The molecule has 2 aliphatic rings. The van der Waals surface area contributed by atoms with Gasteiger partial charge in [0.25, 0.3) is 0 Å². The Balaban J connectivity index is 1.21. The third-order valence-electron chi connectivity index (χ3n) is 9.71. The number of benzene rings is 7. The zero-order valence-corrected chi connectivity index (χ0v) is 24.8. The fraction of sp³-hybridized carbons (Fsp3) is 0.0476. The van der Waals surface area contributed by atoms with Crippen molar-refractivity contribution >= 4 is 65.9 Å². The molecular formula is C42H27NS. The van der Waals surface area contributed by atoms with E-state index in [9.17, 15) is 0 Å². The van der Waals surface area contributed by atoms with E-state index in [0.29, 0.717) is 11.2 Å².